The highest BCUT2D eigenvalue weighted by molar-refractivity contribution is 6.03. The number of carbonyl (C=O) groups excluding carboxylic acids is 1. The molecule has 18 heavy (non-hydrogen) atoms. The molecule has 0 amide bonds. The summed E-state index contributed by atoms with van der Waals surface area (Å²) < 4.78 is 0. The number of nitrogens with one attached hydrogen (secondary N) is 1. The Kier molecular flexibility index (Phi) is 2.37. The van der Waals surface area contributed by atoms with E-state index in [9.17, 15) is 4.79 Å². The van der Waals surface area contributed by atoms with Crippen LogP contribution in [-0.2, 0) is 0 Å². The zero-order valence-corrected chi connectivity index (χ0v) is 9.71. The minimum atomic E-state index is 0.559. The van der Waals surface area contributed by atoms with Gasteiger partial charge in [-0.25, -0.2) is 9.97 Å². The third kappa shape index (κ3) is 1.57. The number of nitrogens with zero attached hydrogens (tertiary/aromatic N) is 3. The molecule has 0 spiro atoms. The minimum absolute atomic E-state index is 0.559. The Balaban J connectivity index is 2.40. The molecule has 0 saturated carbocycles. The molecule has 3 heterocycles. The molecule has 0 fully saturated rings. The van der Waals surface area contributed by atoms with Gasteiger partial charge in [0.2, 0.25) is 0 Å². The van der Waals surface area contributed by atoms with E-state index in [4.69, 9.17) is 0 Å². The number of carbonyl (C=O) groups is 1. The fourth-order valence-electron chi connectivity index (χ4n) is 1.97. The van der Waals surface area contributed by atoms with Crippen molar-refractivity contribution in [3.05, 3.63) is 42.1 Å². The SMILES string of the molecule is Cc1nc(-c2cccnc2)c2c(C=O)c[nH]c2n1. The standard InChI is InChI=1S/C13H10N4O/c1-8-16-12(9-3-2-4-14-5-9)11-10(7-18)6-15-13(11)17-8/h2-7H,1H3,(H,15,16,17). The minimum Gasteiger partial charge on any atom is -0.345 e. The van der Waals surface area contributed by atoms with Gasteiger partial charge in [-0.3, -0.25) is 9.78 Å². The number of fused-ring (bicyclic) bond motifs is 1. The number of aromatic amines is 1. The molecule has 0 aliphatic heterocycles. The number of H-pyrrole nitrogens is 1. The molecule has 0 unspecified atom stereocenters. The van der Waals surface area contributed by atoms with E-state index in [-0.39, 0.29) is 0 Å². The van der Waals surface area contributed by atoms with E-state index in [0.717, 1.165) is 22.9 Å². The van der Waals surface area contributed by atoms with E-state index in [1.54, 1.807) is 18.6 Å². The van der Waals surface area contributed by atoms with Crippen LogP contribution in [0.25, 0.3) is 22.3 Å². The van der Waals surface area contributed by atoms with Crippen LogP contribution in [-0.4, -0.2) is 26.2 Å². The summed E-state index contributed by atoms with van der Waals surface area (Å²) in [7, 11) is 0. The predicted molar refractivity (Wildman–Crippen MR) is 67.2 cm³/mol. The number of hydrogen-bond donors (Lipinski definition) is 1. The van der Waals surface area contributed by atoms with Crippen LogP contribution in [0, 0.1) is 6.92 Å². The average Bonchev–Trinajstić information content (AvgIpc) is 2.81. The van der Waals surface area contributed by atoms with Crippen LogP contribution in [0.1, 0.15) is 16.2 Å². The van der Waals surface area contributed by atoms with Crippen molar-refractivity contribution in [2.45, 2.75) is 6.92 Å². The van der Waals surface area contributed by atoms with E-state index in [2.05, 4.69) is 19.9 Å². The van der Waals surface area contributed by atoms with Gasteiger partial charge in [-0.05, 0) is 19.1 Å². The Morgan fingerprint density at radius 1 is 1.33 bits per heavy atom. The Morgan fingerprint density at radius 3 is 2.94 bits per heavy atom. The smallest absolute Gasteiger partial charge is 0.152 e. The van der Waals surface area contributed by atoms with E-state index < -0.39 is 0 Å². The van der Waals surface area contributed by atoms with Crippen LogP contribution in [0.15, 0.2) is 30.7 Å². The second kappa shape index (κ2) is 4.03. The fourth-order valence-corrected chi connectivity index (χ4v) is 1.97. The average molecular weight is 238 g/mol. The first kappa shape index (κ1) is 10.6. The second-order valence-electron chi connectivity index (χ2n) is 3.95. The Bertz CT molecular complexity index is 718. The third-order valence-electron chi connectivity index (χ3n) is 2.74. The monoisotopic (exact) mass is 238 g/mol. The lowest BCUT2D eigenvalue weighted by Gasteiger charge is -2.04. The number of aryl methyl sites for hydroxylation is 1. The highest BCUT2D eigenvalue weighted by Gasteiger charge is 2.13. The lowest BCUT2D eigenvalue weighted by molar-refractivity contribution is 0.112. The second-order valence-corrected chi connectivity index (χ2v) is 3.95. The van der Waals surface area contributed by atoms with E-state index in [0.29, 0.717) is 17.0 Å². The van der Waals surface area contributed by atoms with Gasteiger partial charge in [0.15, 0.2) is 6.29 Å². The molecule has 0 aliphatic carbocycles. The molecule has 0 atom stereocenters. The lowest BCUT2D eigenvalue weighted by atomic mass is 10.1. The first-order valence-corrected chi connectivity index (χ1v) is 5.51. The number of aromatic nitrogens is 4. The van der Waals surface area contributed by atoms with Gasteiger partial charge in [-0.1, -0.05) is 0 Å². The first-order valence-electron chi connectivity index (χ1n) is 5.51. The molecule has 88 valence electrons. The normalized spacial score (nSPS) is 10.7. The maximum atomic E-state index is 11.1. The van der Waals surface area contributed by atoms with Crippen LogP contribution in [0.4, 0.5) is 0 Å². The molecular weight excluding hydrogens is 228 g/mol. The molecule has 0 radical (unpaired) electrons. The van der Waals surface area contributed by atoms with Crippen molar-refractivity contribution < 1.29 is 4.79 Å². The largest absolute Gasteiger partial charge is 0.345 e. The molecule has 5 nitrogen and oxygen atoms in total. The summed E-state index contributed by atoms with van der Waals surface area (Å²) in [5, 5.41) is 0.739. The number of hydrogen-bond acceptors (Lipinski definition) is 4. The van der Waals surface area contributed by atoms with Crippen LogP contribution < -0.4 is 0 Å². The highest BCUT2D eigenvalue weighted by Crippen LogP contribution is 2.27. The zero-order valence-electron chi connectivity index (χ0n) is 9.71. The van der Waals surface area contributed by atoms with Crippen LogP contribution in [0.2, 0.25) is 0 Å². The molecule has 0 bridgehead atoms. The van der Waals surface area contributed by atoms with Gasteiger partial charge in [0.1, 0.15) is 11.5 Å². The summed E-state index contributed by atoms with van der Waals surface area (Å²) >= 11 is 0. The van der Waals surface area contributed by atoms with Gasteiger partial charge in [0.25, 0.3) is 0 Å². The zero-order chi connectivity index (χ0) is 12.5. The van der Waals surface area contributed by atoms with Gasteiger partial charge in [0.05, 0.1) is 11.1 Å². The van der Waals surface area contributed by atoms with Crippen molar-refractivity contribution in [1.82, 2.24) is 19.9 Å². The molecule has 3 aromatic heterocycles. The summed E-state index contributed by atoms with van der Waals surface area (Å²) in [4.78, 5) is 26.8. The predicted octanol–water partition coefficient (Wildman–Crippen LogP) is 2.14. The summed E-state index contributed by atoms with van der Waals surface area (Å²) in [6, 6.07) is 3.75. The first-order chi connectivity index (χ1) is 8.79. The summed E-state index contributed by atoms with van der Waals surface area (Å²) in [6.07, 6.45) is 5.87. The molecule has 3 rings (SSSR count). The Hall–Kier alpha value is -2.56. The molecule has 0 aliphatic rings. The van der Waals surface area contributed by atoms with Gasteiger partial charge >= 0.3 is 0 Å². The fraction of sp³-hybridized carbons (Fsp3) is 0.0769. The van der Waals surface area contributed by atoms with E-state index in [1.165, 1.54) is 0 Å². The van der Waals surface area contributed by atoms with Crippen molar-refractivity contribution in [3.63, 3.8) is 0 Å². The van der Waals surface area contributed by atoms with Crippen molar-refractivity contribution >= 4 is 17.3 Å². The van der Waals surface area contributed by atoms with Crippen molar-refractivity contribution in [2.75, 3.05) is 0 Å². The number of aldehydes is 1. The maximum absolute atomic E-state index is 11.1. The third-order valence-corrected chi connectivity index (χ3v) is 2.74. The molecular formula is C13H10N4O. The summed E-state index contributed by atoms with van der Waals surface area (Å²) in [6.45, 7) is 1.82. The molecule has 5 heteroatoms. The summed E-state index contributed by atoms with van der Waals surface area (Å²) in [5.74, 6) is 0.653. The van der Waals surface area contributed by atoms with E-state index in [1.807, 2.05) is 19.1 Å². The van der Waals surface area contributed by atoms with Crippen LogP contribution in [0.3, 0.4) is 0 Å². The van der Waals surface area contributed by atoms with Crippen LogP contribution >= 0.6 is 0 Å². The Labute approximate surface area is 103 Å². The topological polar surface area (TPSA) is 71.5 Å². The number of rotatable bonds is 2. The van der Waals surface area contributed by atoms with Gasteiger partial charge in [-0.15, -0.1) is 0 Å². The van der Waals surface area contributed by atoms with Crippen LogP contribution in [0.5, 0.6) is 0 Å². The Morgan fingerprint density at radius 2 is 2.22 bits per heavy atom. The number of pyridine rings is 1. The van der Waals surface area contributed by atoms with Crippen molar-refractivity contribution in [2.24, 2.45) is 0 Å². The lowest BCUT2D eigenvalue weighted by Crippen LogP contribution is -1.94. The van der Waals surface area contributed by atoms with E-state index >= 15 is 0 Å². The summed E-state index contributed by atoms with van der Waals surface area (Å²) in [5.41, 5.74) is 2.83. The quantitative estimate of drug-likeness (QED) is 0.694. The molecule has 0 saturated heterocycles. The molecule has 3 aromatic rings. The van der Waals surface area contributed by atoms with Crippen molar-refractivity contribution in [1.29, 1.82) is 0 Å². The van der Waals surface area contributed by atoms with Gasteiger partial charge in [0, 0.05) is 29.7 Å². The van der Waals surface area contributed by atoms with Gasteiger partial charge < -0.3 is 4.98 Å². The highest BCUT2D eigenvalue weighted by atomic mass is 16.1. The molecule has 1 N–H and O–H groups in total. The maximum Gasteiger partial charge on any atom is 0.152 e. The van der Waals surface area contributed by atoms with Gasteiger partial charge in [-0.2, -0.15) is 0 Å². The molecule has 0 aromatic carbocycles. The van der Waals surface area contributed by atoms with Crippen molar-refractivity contribution in [3.8, 4) is 11.3 Å².